The molecule has 0 spiro atoms. The van der Waals surface area contributed by atoms with Gasteiger partial charge in [-0.25, -0.2) is 27.9 Å². The van der Waals surface area contributed by atoms with Crippen LogP contribution in [0.2, 0.25) is 0 Å². The molecule has 4 N–H and O–H groups in total. The highest BCUT2D eigenvalue weighted by molar-refractivity contribution is 7.92. The lowest BCUT2D eigenvalue weighted by Gasteiger charge is -2.09. The minimum Gasteiger partial charge on any atom is -0.480 e. The maximum atomic E-state index is 12.5. The largest absolute Gasteiger partial charge is 0.480 e. The van der Waals surface area contributed by atoms with Gasteiger partial charge in [0, 0.05) is 25.5 Å². The predicted molar refractivity (Wildman–Crippen MR) is 145 cm³/mol. The molecule has 226 valence electrons. The van der Waals surface area contributed by atoms with E-state index in [0.717, 1.165) is 12.0 Å². The summed E-state index contributed by atoms with van der Waals surface area (Å²) >= 11 is 0. The van der Waals surface area contributed by atoms with Gasteiger partial charge < -0.3 is 34.7 Å². The lowest BCUT2D eigenvalue weighted by atomic mass is 10.2. The Kier molecular flexibility index (Phi) is 15.2. The summed E-state index contributed by atoms with van der Waals surface area (Å²) in [6.45, 7) is 3.10. The maximum Gasteiger partial charge on any atom is 0.329 e. The van der Waals surface area contributed by atoms with Crippen LogP contribution in [0.1, 0.15) is 22.8 Å². The first-order valence-electron chi connectivity index (χ1n) is 12.7. The third-order valence-electron chi connectivity index (χ3n) is 5.08. The molecule has 41 heavy (non-hydrogen) atoms. The number of hydrogen-bond donors (Lipinski definition) is 4. The SMILES string of the molecule is CCc1ccc(S(=O)(=O)Nc2ncc(C(=O)NCCOCCOCC(=O)NCCOCCOCC(=O)O)cn2)cc1. The molecule has 0 fully saturated rings. The van der Waals surface area contributed by atoms with E-state index in [9.17, 15) is 22.8 Å². The normalized spacial score (nSPS) is 11.1. The first-order chi connectivity index (χ1) is 19.7. The Bertz CT molecular complexity index is 1190. The van der Waals surface area contributed by atoms with Crippen molar-refractivity contribution in [2.75, 3.05) is 70.7 Å². The number of amides is 2. The lowest BCUT2D eigenvalue weighted by Crippen LogP contribution is -2.31. The van der Waals surface area contributed by atoms with Crippen LogP contribution in [0.5, 0.6) is 0 Å². The molecule has 0 saturated carbocycles. The number of carboxylic acids is 1. The molecule has 0 aliphatic heterocycles. The minimum atomic E-state index is -3.86. The number of sulfonamides is 1. The van der Waals surface area contributed by atoms with Gasteiger partial charge in [-0.05, 0) is 24.1 Å². The zero-order valence-electron chi connectivity index (χ0n) is 22.7. The van der Waals surface area contributed by atoms with E-state index in [1.165, 1.54) is 24.5 Å². The summed E-state index contributed by atoms with van der Waals surface area (Å²) in [5, 5.41) is 13.6. The molecule has 1 aromatic heterocycles. The molecular weight excluding hydrogens is 562 g/mol. The quantitative estimate of drug-likeness (QED) is 0.139. The third kappa shape index (κ3) is 14.0. The van der Waals surface area contributed by atoms with E-state index >= 15 is 0 Å². The van der Waals surface area contributed by atoms with Crippen LogP contribution in [-0.4, -0.2) is 107 Å². The number of hydrogen-bond acceptors (Lipinski definition) is 11. The van der Waals surface area contributed by atoms with E-state index < -0.39 is 21.9 Å². The molecule has 0 aliphatic rings. The van der Waals surface area contributed by atoms with Crippen molar-refractivity contribution in [1.82, 2.24) is 20.6 Å². The number of anilines is 1. The number of aromatic nitrogens is 2. The van der Waals surface area contributed by atoms with Crippen molar-refractivity contribution in [2.24, 2.45) is 0 Å². The monoisotopic (exact) mass is 597 g/mol. The predicted octanol–water partition coefficient (Wildman–Crippen LogP) is -0.163. The fraction of sp³-hybridized carbons (Fsp3) is 0.480. The summed E-state index contributed by atoms with van der Waals surface area (Å²) in [6.07, 6.45) is 3.21. The number of ether oxygens (including phenoxy) is 4. The number of nitrogens with zero attached hydrogens (tertiary/aromatic N) is 2. The standard InChI is InChI=1S/C25H35N5O10S/c1-2-19-3-5-21(6-4-19)41(35,36)30-25-28-15-20(16-29-25)24(34)27-8-10-38-11-13-39-17-22(31)26-7-9-37-12-14-40-18-23(32)33/h3-6,15-16H,2,7-14,17-18H2,1H3,(H,26,31)(H,27,34)(H,32,33)(H,28,29,30). The highest BCUT2D eigenvalue weighted by Crippen LogP contribution is 2.14. The summed E-state index contributed by atoms with van der Waals surface area (Å²) in [7, 11) is -3.86. The summed E-state index contributed by atoms with van der Waals surface area (Å²) in [6, 6.07) is 6.46. The molecule has 2 amide bonds. The zero-order valence-corrected chi connectivity index (χ0v) is 23.5. The van der Waals surface area contributed by atoms with Gasteiger partial charge in [-0.1, -0.05) is 19.1 Å². The molecule has 1 heterocycles. The molecular formula is C25H35N5O10S. The first-order valence-corrected chi connectivity index (χ1v) is 14.2. The van der Waals surface area contributed by atoms with E-state index in [1.807, 2.05) is 6.92 Å². The molecule has 1 aromatic carbocycles. The molecule has 2 aromatic rings. The minimum absolute atomic E-state index is 0.0786. The molecule has 16 heteroatoms. The number of carbonyl (C=O) groups is 3. The Labute approximate surface area is 238 Å². The van der Waals surface area contributed by atoms with Crippen LogP contribution in [0.4, 0.5) is 5.95 Å². The van der Waals surface area contributed by atoms with Crippen molar-refractivity contribution in [1.29, 1.82) is 0 Å². The van der Waals surface area contributed by atoms with Gasteiger partial charge in [0.1, 0.15) is 13.2 Å². The van der Waals surface area contributed by atoms with Gasteiger partial charge >= 0.3 is 5.97 Å². The molecule has 0 radical (unpaired) electrons. The van der Waals surface area contributed by atoms with Gasteiger partial charge in [-0.15, -0.1) is 0 Å². The number of nitrogens with one attached hydrogen (secondary N) is 3. The van der Waals surface area contributed by atoms with Gasteiger partial charge in [0.25, 0.3) is 15.9 Å². The Morgan fingerprint density at radius 2 is 1.37 bits per heavy atom. The van der Waals surface area contributed by atoms with Crippen LogP contribution in [-0.2, 0) is 45.0 Å². The van der Waals surface area contributed by atoms with Gasteiger partial charge in [-0.2, -0.15) is 0 Å². The molecule has 0 aliphatic carbocycles. The number of carbonyl (C=O) groups excluding carboxylic acids is 2. The summed E-state index contributed by atoms with van der Waals surface area (Å²) in [5.41, 5.74) is 1.15. The number of aliphatic carboxylic acids is 1. The summed E-state index contributed by atoms with van der Waals surface area (Å²) in [4.78, 5) is 42.1. The molecule has 2 rings (SSSR count). The number of aryl methyl sites for hydroxylation is 1. The van der Waals surface area contributed by atoms with E-state index in [1.54, 1.807) is 12.1 Å². The van der Waals surface area contributed by atoms with Crippen LogP contribution in [0.25, 0.3) is 0 Å². The van der Waals surface area contributed by atoms with Crippen molar-refractivity contribution in [2.45, 2.75) is 18.2 Å². The van der Waals surface area contributed by atoms with E-state index in [-0.39, 0.29) is 88.3 Å². The van der Waals surface area contributed by atoms with E-state index in [0.29, 0.717) is 0 Å². The summed E-state index contributed by atoms with van der Waals surface area (Å²) in [5.74, 6) is -1.99. The number of carboxylic acid groups (broad SMARTS) is 1. The van der Waals surface area contributed by atoms with Crippen molar-refractivity contribution in [3.05, 3.63) is 47.8 Å². The molecule has 0 bridgehead atoms. The number of rotatable bonds is 21. The average molecular weight is 598 g/mol. The lowest BCUT2D eigenvalue weighted by molar-refractivity contribution is -0.142. The van der Waals surface area contributed by atoms with Crippen LogP contribution in [0.3, 0.4) is 0 Å². The Balaban J connectivity index is 1.52. The first kappa shape index (κ1) is 33.5. The van der Waals surface area contributed by atoms with Crippen molar-refractivity contribution in [3.63, 3.8) is 0 Å². The van der Waals surface area contributed by atoms with Crippen LogP contribution < -0.4 is 15.4 Å². The van der Waals surface area contributed by atoms with Gasteiger partial charge in [-0.3, -0.25) is 9.59 Å². The molecule has 0 atom stereocenters. The van der Waals surface area contributed by atoms with Crippen molar-refractivity contribution in [3.8, 4) is 0 Å². The summed E-state index contributed by atoms with van der Waals surface area (Å²) < 4.78 is 47.8. The van der Waals surface area contributed by atoms with E-state index in [4.69, 9.17) is 24.1 Å². The fourth-order valence-electron chi connectivity index (χ4n) is 3.00. The second-order valence-corrected chi connectivity index (χ2v) is 9.91. The van der Waals surface area contributed by atoms with Gasteiger partial charge in [0.05, 0.1) is 50.1 Å². The average Bonchev–Trinajstić information content (AvgIpc) is 2.95. The zero-order chi connectivity index (χ0) is 29.9. The second-order valence-electron chi connectivity index (χ2n) is 8.23. The fourth-order valence-corrected chi connectivity index (χ4v) is 3.96. The van der Waals surface area contributed by atoms with Crippen LogP contribution in [0, 0.1) is 0 Å². The molecule has 15 nitrogen and oxygen atoms in total. The Morgan fingerprint density at radius 1 is 0.805 bits per heavy atom. The van der Waals surface area contributed by atoms with Crippen LogP contribution in [0.15, 0.2) is 41.6 Å². The smallest absolute Gasteiger partial charge is 0.329 e. The third-order valence-corrected chi connectivity index (χ3v) is 6.43. The van der Waals surface area contributed by atoms with Crippen molar-refractivity contribution < 1.29 is 46.9 Å². The highest BCUT2D eigenvalue weighted by atomic mass is 32.2. The maximum absolute atomic E-state index is 12.5. The Morgan fingerprint density at radius 3 is 1.95 bits per heavy atom. The van der Waals surface area contributed by atoms with E-state index in [2.05, 4.69) is 25.3 Å². The van der Waals surface area contributed by atoms with Crippen LogP contribution >= 0.6 is 0 Å². The topological polar surface area (TPSA) is 204 Å². The molecule has 0 unspecified atom stereocenters. The molecule has 0 saturated heterocycles. The highest BCUT2D eigenvalue weighted by Gasteiger charge is 2.16. The number of benzene rings is 1. The van der Waals surface area contributed by atoms with Gasteiger partial charge in [0.2, 0.25) is 11.9 Å². The Hall–Kier alpha value is -3.70. The second kappa shape index (κ2) is 18.6. The van der Waals surface area contributed by atoms with Crippen molar-refractivity contribution >= 4 is 33.8 Å². The van der Waals surface area contributed by atoms with Gasteiger partial charge in [0.15, 0.2) is 0 Å².